The number of rotatable bonds is 5. The van der Waals surface area contributed by atoms with E-state index < -0.39 is 0 Å². The van der Waals surface area contributed by atoms with Crippen LogP contribution < -0.4 is 11.5 Å². The van der Waals surface area contributed by atoms with Gasteiger partial charge in [0.15, 0.2) is 0 Å². The molecule has 2 aromatic rings. The monoisotopic (exact) mass is 292 g/mol. The third-order valence-electron chi connectivity index (χ3n) is 2.80. The topological polar surface area (TPSA) is 52.0 Å². The van der Waals surface area contributed by atoms with Crippen molar-refractivity contribution in [1.82, 2.24) is 0 Å². The largest absolute Gasteiger partial charge is 0.399 e. The van der Waals surface area contributed by atoms with Gasteiger partial charge in [-0.3, -0.25) is 0 Å². The highest BCUT2D eigenvalue weighted by atomic mass is 35.5. The summed E-state index contributed by atoms with van der Waals surface area (Å²) in [6.07, 6.45) is 2.15. The highest BCUT2D eigenvalue weighted by Crippen LogP contribution is 2.29. The highest BCUT2D eigenvalue weighted by molar-refractivity contribution is 7.99. The molecule has 0 heterocycles. The second-order valence-corrected chi connectivity index (χ2v) is 5.93. The second-order valence-electron chi connectivity index (χ2n) is 4.38. The fourth-order valence-corrected chi connectivity index (χ4v) is 2.99. The van der Waals surface area contributed by atoms with E-state index in [9.17, 15) is 0 Å². The molecule has 0 spiro atoms. The zero-order valence-corrected chi connectivity index (χ0v) is 12.2. The van der Waals surface area contributed by atoms with E-state index in [2.05, 4.69) is 12.1 Å². The first-order chi connectivity index (χ1) is 9.15. The lowest BCUT2D eigenvalue weighted by atomic mass is 10.1. The van der Waals surface area contributed by atoms with Crippen molar-refractivity contribution < 1.29 is 0 Å². The van der Waals surface area contributed by atoms with Crippen molar-refractivity contribution in [2.45, 2.75) is 17.7 Å². The predicted octanol–water partition coefficient (Wildman–Crippen LogP) is 4.23. The predicted molar refractivity (Wildman–Crippen MR) is 85.8 cm³/mol. The Morgan fingerprint density at radius 2 is 1.63 bits per heavy atom. The molecule has 0 radical (unpaired) electrons. The Hall–Kier alpha value is -1.32. The van der Waals surface area contributed by atoms with Gasteiger partial charge in [0.1, 0.15) is 0 Å². The van der Waals surface area contributed by atoms with E-state index in [0.717, 1.165) is 39.9 Å². The van der Waals surface area contributed by atoms with Gasteiger partial charge in [-0.2, -0.15) is 0 Å². The summed E-state index contributed by atoms with van der Waals surface area (Å²) in [5, 5.41) is 0.770. The number of anilines is 2. The Balaban J connectivity index is 1.80. The van der Waals surface area contributed by atoms with Gasteiger partial charge < -0.3 is 11.5 Å². The van der Waals surface area contributed by atoms with E-state index in [0.29, 0.717) is 0 Å². The Morgan fingerprint density at radius 1 is 0.947 bits per heavy atom. The molecule has 0 fully saturated rings. The molecule has 2 nitrogen and oxygen atoms in total. The van der Waals surface area contributed by atoms with Crippen LogP contribution >= 0.6 is 23.4 Å². The fourth-order valence-electron chi connectivity index (χ4n) is 1.77. The van der Waals surface area contributed by atoms with Crippen molar-refractivity contribution >= 4 is 34.7 Å². The van der Waals surface area contributed by atoms with E-state index in [4.69, 9.17) is 23.1 Å². The average molecular weight is 293 g/mol. The molecular formula is C15H17ClN2S. The number of halogens is 1. The number of benzene rings is 2. The summed E-state index contributed by atoms with van der Waals surface area (Å²) in [6, 6.07) is 13.6. The lowest BCUT2D eigenvalue weighted by Gasteiger charge is -2.06. The molecular weight excluding hydrogens is 276 g/mol. The van der Waals surface area contributed by atoms with Gasteiger partial charge in [0.05, 0.1) is 5.02 Å². The fraction of sp³-hybridized carbons (Fsp3) is 0.200. The van der Waals surface area contributed by atoms with E-state index in [-0.39, 0.29) is 0 Å². The zero-order valence-electron chi connectivity index (χ0n) is 10.6. The van der Waals surface area contributed by atoms with E-state index in [1.807, 2.05) is 30.3 Å². The van der Waals surface area contributed by atoms with Gasteiger partial charge in [0.25, 0.3) is 0 Å². The van der Waals surface area contributed by atoms with Crippen LogP contribution in [0.1, 0.15) is 12.0 Å². The molecule has 4 heteroatoms. The smallest absolute Gasteiger partial charge is 0.0543 e. The maximum atomic E-state index is 6.12. The second kappa shape index (κ2) is 6.73. The lowest BCUT2D eigenvalue weighted by Crippen LogP contribution is -1.90. The maximum absolute atomic E-state index is 6.12. The zero-order chi connectivity index (χ0) is 13.7. The normalized spacial score (nSPS) is 10.6. The Labute approximate surface area is 123 Å². The molecule has 0 saturated carbocycles. The van der Waals surface area contributed by atoms with Crippen LogP contribution in [0.3, 0.4) is 0 Å². The molecule has 19 heavy (non-hydrogen) atoms. The molecule has 4 N–H and O–H groups in total. The molecule has 2 rings (SSSR count). The van der Waals surface area contributed by atoms with E-state index in [1.165, 1.54) is 5.56 Å². The lowest BCUT2D eigenvalue weighted by molar-refractivity contribution is 0.933. The van der Waals surface area contributed by atoms with Crippen LogP contribution in [0.25, 0.3) is 0 Å². The number of nitrogen functional groups attached to an aromatic ring is 2. The Kier molecular flexibility index (Phi) is 5.00. The van der Waals surface area contributed by atoms with Crippen LogP contribution in [0.2, 0.25) is 5.02 Å². The molecule has 0 amide bonds. The number of thioether (sulfide) groups is 1. The van der Waals surface area contributed by atoms with Gasteiger partial charge in [-0.15, -0.1) is 11.8 Å². The van der Waals surface area contributed by atoms with Crippen molar-refractivity contribution in [3.63, 3.8) is 0 Å². The van der Waals surface area contributed by atoms with Gasteiger partial charge in [0, 0.05) is 16.3 Å². The van der Waals surface area contributed by atoms with Gasteiger partial charge in [-0.05, 0) is 54.5 Å². The van der Waals surface area contributed by atoms with Crippen LogP contribution in [0, 0.1) is 0 Å². The summed E-state index contributed by atoms with van der Waals surface area (Å²) in [5.41, 5.74) is 14.3. The molecule has 0 unspecified atom stereocenters. The summed E-state index contributed by atoms with van der Waals surface area (Å²) in [7, 11) is 0. The standard InChI is InChI=1S/C15H17ClN2S/c16-14-8-7-13(18)10-15(14)19-9-1-2-11-3-5-12(17)6-4-11/h3-8,10H,1-2,9,17-18H2. The van der Waals surface area contributed by atoms with Gasteiger partial charge >= 0.3 is 0 Å². The third-order valence-corrected chi connectivity index (χ3v) is 4.39. The first-order valence-electron chi connectivity index (χ1n) is 6.17. The Bertz CT molecular complexity index is 540. The maximum Gasteiger partial charge on any atom is 0.0543 e. The molecule has 0 bridgehead atoms. The van der Waals surface area contributed by atoms with Crippen LogP contribution in [0.4, 0.5) is 11.4 Å². The summed E-state index contributed by atoms with van der Waals surface area (Å²) in [5.74, 6) is 1.02. The van der Waals surface area contributed by atoms with Gasteiger partial charge in [0.2, 0.25) is 0 Å². The first-order valence-corrected chi connectivity index (χ1v) is 7.54. The molecule has 0 aliphatic heterocycles. The van der Waals surface area contributed by atoms with E-state index >= 15 is 0 Å². The third kappa shape index (κ3) is 4.37. The minimum atomic E-state index is 0.755. The molecule has 0 aromatic heterocycles. The molecule has 100 valence electrons. The van der Waals surface area contributed by atoms with Gasteiger partial charge in [-0.25, -0.2) is 0 Å². The summed E-state index contributed by atoms with van der Waals surface area (Å²) < 4.78 is 0. The molecule has 0 saturated heterocycles. The highest BCUT2D eigenvalue weighted by Gasteiger charge is 2.02. The number of aryl methyl sites for hydroxylation is 1. The van der Waals surface area contributed by atoms with Crippen molar-refractivity contribution in [1.29, 1.82) is 0 Å². The molecule has 2 aromatic carbocycles. The average Bonchev–Trinajstić information content (AvgIpc) is 2.40. The summed E-state index contributed by atoms with van der Waals surface area (Å²) in [4.78, 5) is 1.05. The van der Waals surface area contributed by atoms with E-state index in [1.54, 1.807) is 11.8 Å². The van der Waals surface area contributed by atoms with Crippen LogP contribution in [0.15, 0.2) is 47.4 Å². The quantitative estimate of drug-likeness (QED) is 0.492. The molecule has 0 aliphatic rings. The number of nitrogens with two attached hydrogens (primary N) is 2. The SMILES string of the molecule is Nc1ccc(CCCSc2cc(N)ccc2Cl)cc1. The molecule has 0 atom stereocenters. The van der Waals surface area contributed by atoms with Crippen LogP contribution in [-0.4, -0.2) is 5.75 Å². The summed E-state index contributed by atoms with van der Waals surface area (Å²) >= 11 is 7.87. The van der Waals surface area contributed by atoms with Gasteiger partial charge in [-0.1, -0.05) is 23.7 Å². The first kappa shape index (κ1) is 14.1. The minimum Gasteiger partial charge on any atom is -0.399 e. The van der Waals surface area contributed by atoms with Crippen LogP contribution in [-0.2, 0) is 6.42 Å². The van der Waals surface area contributed by atoms with Crippen molar-refractivity contribution in [3.05, 3.63) is 53.1 Å². The minimum absolute atomic E-state index is 0.755. The summed E-state index contributed by atoms with van der Waals surface area (Å²) in [6.45, 7) is 0. The number of hydrogen-bond donors (Lipinski definition) is 2. The van der Waals surface area contributed by atoms with Crippen molar-refractivity contribution in [2.75, 3.05) is 17.2 Å². The van der Waals surface area contributed by atoms with Crippen LogP contribution in [0.5, 0.6) is 0 Å². The number of hydrogen-bond acceptors (Lipinski definition) is 3. The molecule has 0 aliphatic carbocycles. The van der Waals surface area contributed by atoms with Crippen molar-refractivity contribution in [2.24, 2.45) is 0 Å². The Morgan fingerprint density at radius 3 is 2.37 bits per heavy atom. The van der Waals surface area contributed by atoms with Crippen molar-refractivity contribution in [3.8, 4) is 0 Å².